The molecule has 8 heteroatoms. The number of pyridine rings is 1. The topological polar surface area (TPSA) is 44.9 Å². The zero-order chi connectivity index (χ0) is 31.1. The number of fused-ring (bicyclic) bond motifs is 3. The zero-order valence-corrected chi connectivity index (χ0v) is 28.2. The van der Waals surface area contributed by atoms with Crippen molar-refractivity contribution in [1.29, 1.82) is 0 Å². The number of para-hydroxylation sites is 1. The number of allylic oxidation sites excluding steroid dienone is 2. The Morgan fingerprint density at radius 1 is 0.978 bits per heavy atom. The second-order valence-electron chi connectivity index (χ2n) is 11.7. The number of alkyl halides is 1. The smallest absolute Gasteiger partial charge is 0.509 e. The minimum absolute atomic E-state index is 0. The van der Waals surface area contributed by atoms with Gasteiger partial charge in [0, 0.05) is 34.5 Å². The maximum atomic E-state index is 14.9. The summed E-state index contributed by atoms with van der Waals surface area (Å²) >= 11 is 0. The fourth-order valence-corrected chi connectivity index (χ4v) is 6.53. The van der Waals surface area contributed by atoms with E-state index in [1.54, 1.807) is 11.6 Å². The van der Waals surface area contributed by atoms with Crippen LogP contribution in [0.2, 0.25) is 0 Å². The number of ether oxygens (including phenoxy) is 1. The molecular formula is C38H34F2N4OPt. The van der Waals surface area contributed by atoms with Gasteiger partial charge in [-0.1, -0.05) is 43.1 Å². The molecule has 3 heterocycles. The van der Waals surface area contributed by atoms with Gasteiger partial charge in [0.1, 0.15) is 17.8 Å². The van der Waals surface area contributed by atoms with E-state index in [-0.39, 0.29) is 21.1 Å². The summed E-state index contributed by atoms with van der Waals surface area (Å²) in [5.74, 6) is 0.503. The number of hydrogen-bond acceptors (Lipinski definition) is 3. The first-order valence-corrected chi connectivity index (χ1v) is 15.6. The fourth-order valence-electron chi connectivity index (χ4n) is 6.53. The maximum Gasteiger partial charge on any atom is 2.00 e. The van der Waals surface area contributed by atoms with Crippen molar-refractivity contribution in [2.24, 2.45) is 0 Å². The number of hydrogen-bond donors (Lipinski definition) is 0. The summed E-state index contributed by atoms with van der Waals surface area (Å²) in [7, 11) is 0. The zero-order valence-electron chi connectivity index (χ0n) is 26.0. The van der Waals surface area contributed by atoms with E-state index in [9.17, 15) is 8.78 Å². The molecule has 0 saturated heterocycles. The van der Waals surface area contributed by atoms with Crippen LogP contribution in [0.3, 0.4) is 0 Å². The number of halogens is 2. The molecule has 0 bridgehead atoms. The molecule has 0 saturated carbocycles. The minimum Gasteiger partial charge on any atom is -0.509 e. The quantitative estimate of drug-likeness (QED) is 0.144. The van der Waals surface area contributed by atoms with Gasteiger partial charge in [-0.05, 0) is 74.4 Å². The number of benzene rings is 3. The van der Waals surface area contributed by atoms with Gasteiger partial charge in [0.05, 0.1) is 11.6 Å². The van der Waals surface area contributed by atoms with Crippen molar-refractivity contribution in [2.45, 2.75) is 65.0 Å². The molecule has 236 valence electrons. The number of aryl methyl sites for hydroxylation is 2. The molecule has 0 amide bonds. The number of aromatic nitrogens is 4. The summed E-state index contributed by atoms with van der Waals surface area (Å²) in [6.07, 6.45) is 6.06. The van der Waals surface area contributed by atoms with Gasteiger partial charge in [-0.2, -0.15) is 17.2 Å². The third kappa shape index (κ3) is 5.82. The normalized spacial score (nSPS) is 16.4. The molecule has 0 spiro atoms. The van der Waals surface area contributed by atoms with Gasteiger partial charge in [0.2, 0.25) is 0 Å². The Morgan fingerprint density at radius 3 is 2.63 bits per heavy atom. The summed E-state index contributed by atoms with van der Waals surface area (Å²) in [6.45, 7) is 5.84. The molecule has 5 nitrogen and oxygen atoms in total. The maximum absolute atomic E-state index is 14.9. The fraction of sp³-hybridized carbons (Fsp3) is 0.263. The second kappa shape index (κ2) is 13.3. The summed E-state index contributed by atoms with van der Waals surface area (Å²) in [4.78, 5) is 4.75. The van der Waals surface area contributed by atoms with Gasteiger partial charge in [0.15, 0.2) is 0 Å². The van der Waals surface area contributed by atoms with Gasteiger partial charge >= 0.3 is 21.1 Å². The van der Waals surface area contributed by atoms with Crippen LogP contribution in [0.5, 0.6) is 11.5 Å². The molecule has 3 aromatic carbocycles. The van der Waals surface area contributed by atoms with Crippen LogP contribution in [0, 0.1) is 26.0 Å². The molecule has 2 atom stereocenters. The average Bonchev–Trinajstić information content (AvgIpc) is 3.53. The minimum atomic E-state index is -1.28. The Hall–Kier alpha value is -4.09. The Labute approximate surface area is 282 Å². The number of rotatable bonds is 8. The molecule has 3 aromatic heterocycles. The summed E-state index contributed by atoms with van der Waals surface area (Å²) in [5, 5.41) is 6.83. The van der Waals surface area contributed by atoms with E-state index in [4.69, 9.17) is 9.72 Å². The molecule has 0 N–H and O–H groups in total. The Bertz CT molecular complexity index is 2060. The van der Waals surface area contributed by atoms with Crippen LogP contribution in [0.4, 0.5) is 8.78 Å². The molecule has 46 heavy (non-hydrogen) atoms. The summed E-state index contributed by atoms with van der Waals surface area (Å²) < 4.78 is 39.8. The third-order valence-electron chi connectivity index (χ3n) is 8.71. The van der Waals surface area contributed by atoms with Crippen LogP contribution in [-0.4, -0.2) is 25.5 Å². The monoisotopic (exact) mass is 795 g/mol. The first-order chi connectivity index (χ1) is 21.9. The molecule has 7 rings (SSSR count). The van der Waals surface area contributed by atoms with E-state index < -0.39 is 17.9 Å². The Balaban J connectivity index is 0.00000372. The molecule has 1 aliphatic carbocycles. The van der Waals surface area contributed by atoms with Gasteiger partial charge in [0.25, 0.3) is 0 Å². The first kappa shape index (κ1) is 31.9. The molecule has 0 aliphatic heterocycles. The van der Waals surface area contributed by atoms with E-state index in [0.717, 1.165) is 46.9 Å². The molecule has 6 aromatic rings. The number of unbranched alkanes of at least 4 members (excludes halogenated alkanes) is 1. The van der Waals surface area contributed by atoms with E-state index in [0.29, 0.717) is 47.0 Å². The molecule has 0 fully saturated rings. The van der Waals surface area contributed by atoms with Crippen molar-refractivity contribution in [3.8, 4) is 23.0 Å². The second-order valence-corrected chi connectivity index (χ2v) is 11.7. The van der Waals surface area contributed by atoms with E-state index in [1.807, 2.05) is 49.5 Å². The van der Waals surface area contributed by atoms with Crippen molar-refractivity contribution in [3.63, 3.8) is 0 Å². The molecule has 0 radical (unpaired) electrons. The van der Waals surface area contributed by atoms with Crippen molar-refractivity contribution < 1.29 is 34.6 Å². The van der Waals surface area contributed by atoms with Crippen molar-refractivity contribution in [3.05, 3.63) is 119 Å². The van der Waals surface area contributed by atoms with Gasteiger partial charge < -0.3 is 9.30 Å². The van der Waals surface area contributed by atoms with Crippen molar-refractivity contribution in [2.75, 3.05) is 0 Å². The molecular weight excluding hydrogens is 762 g/mol. The van der Waals surface area contributed by atoms with E-state index in [2.05, 4.69) is 59.1 Å². The van der Waals surface area contributed by atoms with Gasteiger partial charge in [-0.25, -0.2) is 13.8 Å². The van der Waals surface area contributed by atoms with Crippen molar-refractivity contribution in [1.82, 2.24) is 19.3 Å². The molecule has 1 unspecified atom stereocenters. The SMILES string of the molecule is CCCCc1ccnc(-n2c3[c-]c(Oc4[c-]c(-n5nc(C)c(C6C(F)=CCC[C@@H]6F)c5C)ccc4)ccc3c3ccccc32)c1.[Pt+2]. The van der Waals surface area contributed by atoms with Gasteiger partial charge in [-0.15, -0.1) is 35.7 Å². The van der Waals surface area contributed by atoms with Crippen LogP contribution >= 0.6 is 0 Å². The largest absolute Gasteiger partial charge is 2.00 e. The molecule has 1 aliphatic rings. The van der Waals surface area contributed by atoms with Crippen LogP contribution in [0.15, 0.2) is 84.8 Å². The standard InChI is InChI=1S/C38H34F2N4O.Pt/c1-4-5-10-26-19-20-41-36(21-26)43-34-16-7-6-13-30(34)31-18-17-29(23-35(31)43)45-28-12-8-11-27(22-28)44-25(3)37(24(2)42-44)38-32(39)14-9-15-33(38)40;/h6-8,11-14,16-21,33,38H,4-5,9-10,15H2,1-3H3;/q-2;+2/t33-,38?;/m0./s1. The Kier molecular flexibility index (Phi) is 9.24. The third-order valence-corrected chi connectivity index (χ3v) is 8.71. The van der Waals surface area contributed by atoms with E-state index >= 15 is 0 Å². The average molecular weight is 796 g/mol. The van der Waals surface area contributed by atoms with Crippen LogP contribution in [0.25, 0.3) is 33.3 Å². The Morgan fingerprint density at radius 2 is 1.80 bits per heavy atom. The van der Waals surface area contributed by atoms with Crippen LogP contribution in [0.1, 0.15) is 61.0 Å². The predicted molar refractivity (Wildman–Crippen MR) is 174 cm³/mol. The summed E-state index contributed by atoms with van der Waals surface area (Å²) in [5.41, 5.74) is 5.68. The predicted octanol–water partition coefficient (Wildman–Crippen LogP) is 9.78. The van der Waals surface area contributed by atoms with E-state index in [1.165, 1.54) is 11.6 Å². The van der Waals surface area contributed by atoms with Crippen LogP contribution < -0.4 is 4.74 Å². The summed E-state index contributed by atoms with van der Waals surface area (Å²) in [6, 6.07) is 28.8. The van der Waals surface area contributed by atoms with Crippen LogP contribution in [-0.2, 0) is 27.5 Å². The first-order valence-electron chi connectivity index (χ1n) is 15.6. The van der Waals surface area contributed by atoms with Gasteiger partial charge in [-0.3, -0.25) is 4.68 Å². The number of nitrogens with zero attached hydrogens (tertiary/aromatic N) is 4. The van der Waals surface area contributed by atoms with Crippen molar-refractivity contribution >= 4 is 21.8 Å².